The van der Waals surface area contributed by atoms with Crippen LogP contribution in [0.25, 0.3) is 0 Å². The molecule has 0 saturated carbocycles. The summed E-state index contributed by atoms with van der Waals surface area (Å²) in [5, 5.41) is 13.3. The quantitative estimate of drug-likeness (QED) is 0.530. The Hall–Kier alpha value is -2.64. The molecule has 21 heavy (non-hydrogen) atoms. The molecule has 2 rings (SSSR count). The van der Waals surface area contributed by atoms with Gasteiger partial charge in [-0.15, -0.1) is 0 Å². The van der Waals surface area contributed by atoms with E-state index >= 15 is 0 Å². The molecule has 104 valence electrons. The number of aryl methyl sites for hydroxylation is 1. The average Bonchev–Trinajstić information content (AvgIpc) is 2.50. The van der Waals surface area contributed by atoms with Crippen molar-refractivity contribution in [2.75, 3.05) is 5.43 Å². The molecule has 0 amide bonds. The summed E-state index contributed by atoms with van der Waals surface area (Å²) in [4.78, 5) is 12.2. The Kier molecular flexibility index (Phi) is 4.70. The van der Waals surface area contributed by atoms with E-state index in [1.807, 2.05) is 31.2 Å². The zero-order valence-electron chi connectivity index (χ0n) is 11.3. The lowest BCUT2D eigenvalue weighted by atomic mass is 10.1. The van der Waals surface area contributed by atoms with Gasteiger partial charge in [0, 0.05) is 5.56 Å². The van der Waals surface area contributed by atoms with E-state index < -0.39 is 5.78 Å². The normalized spacial score (nSPS) is 10.8. The fourth-order valence-corrected chi connectivity index (χ4v) is 1.94. The Morgan fingerprint density at radius 3 is 2.52 bits per heavy atom. The van der Waals surface area contributed by atoms with Crippen molar-refractivity contribution in [3.05, 3.63) is 64.7 Å². The van der Waals surface area contributed by atoms with Gasteiger partial charge in [-0.2, -0.15) is 10.4 Å². The number of Topliss-reactive ketones (excluding diaryl/α,β-unsaturated/α-hetero) is 1. The van der Waals surface area contributed by atoms with Gasteiger partial charge in [-0.1, -0.05) is 41.9 Å². The molecule has 2 aromatic rings. The van der Waals surface area contributed by atoms with Crippen LogP contribution in [0.3, 0.4) is 0 Å². The number of nitrogens with zero attached hydrogens (tertiary/aromatic N) is 2. The third kappa shape index (κ3) is 3.47. The van der Waals surface area contributed by atoms with Crippen molar-refractivity contribution in [1.82, 2.24) is 0 Å². The van der Waals surface area contributed by atoms with E-state index in [1.165, 1.54) is 0 Å². The lowest BCUT2D eigenvalue weighted by molar-refractivity contribution is 0.106. The summed E-state index contributed by atoms with van der Waals surface area (Å²) in [5.74, 6) is -0.510. The van der Waals surface area contributed by atoms with E-state index in [0.717, 1.165) is 11.3 Å². The van der Waals surface area contributed by atoms with Gasteiger partial charge in [-0.05, 0) is 30.7 Å². The van der Waals surface area contributed by atoms with Crippen molar-refractivity contribution in [1.29, 1.82) is 5.26 Å². The number of anilines is 1. The van der Waals surface area contributed by atoms with Gasteiger partial charge in [0.25, 0.3) is 0 Å². The maximum Gasteiger partial charge on any atom is 0.225 e. The molecular formula is C16H12ClN3O. The van der Waals surface area contributed by atoms with E-state index in [1.54, 1.807) is 30.3 Å². The molecule has 0 radical (unpaired) electrons. The first-order valence-electron chi connectivity index (χ1n) is 6.22. The zero-order chi connectivity index (χ0) is 15.2. The third-order valence-electron chi connectivity index (χ3n) is 2.87. The molecule has 0 fully saturated rings. The smallest absolute Gasteiger partial charge is 0.225 e. The number of ketones is 1. The summed E-state index contributed by atoms with van der Waals surface area (Å²) in [7, 11) is 0. The molecule has 0 aliphatic carbocycles. The number of para-hydroxylation sites is 1. The number of carbonyl (C=O) groups is 1. The van der Waals surface area contributed by atoms with Gasteiger partial charge in [0.15, 0.2) is 0 Å². The number of hydrazone groups is 1. The number of benzene rings is 2. The van der Waals surface area contributed by atoms with Crippen LogP contribution < -0.4 is 5.43 Å². The molecule has 1 N–H and O–H groups in total. The van der Waals surface area contributed by atoms with Crippen molar-refractivity contribution in [3.8, 4) is 6.07 Å². The Morgan fingerprint density at radius 2 is 1.86 bits per heavy atom. The summed E-state index contributed by atoms with van der Waals surface area (Å²) in [6.45, 7) is 1.90. The highest BCUT2D eigenvalue weighted by Gasteiger charge is 2.16. The van der Waals surface area contributed by atoms with Gasteiger partial charge < -0.3 is 0 Å². The Balaban J connectivity index is 2.26. The van der Waals surface area contributed by atoms with E-state index in [-0.39, 0.29) is 11.3 Å². The van der Waals surface area contributed by atoms with E-state index in [0.29, 0.717) is 5.02 Å². The van der Waals surface area contributed by atoms with Crippen LogP contribution in [0.2, 0.25) is 5.02 Å². The van der Waals surface area contributed by atoms with E-state index in [2.05, 4.69) is 10.5 Å². The Labute approximate surface area is 127 Å². The Morgan fingerprint density at radius 1 is 1.19 bits per heavy atom. The van der Waals surface area contributed by atoms with Gasteiger partial charge >= 0.3 is 0 Å². The van der Waals surface area contributed by atoms with Gasteiger partial charge in [0.2, 0.25) is 11.5 Å². The molecule has 0 spiro atoms. The summed E-state index contributed by atoms with van der Waals surface area (Å²) in [6.07, 6.45) is 0. The second-order valence-electron chi connectivity index (χ2n) is 4.31. The van der Waals surface area contributed by atoms with Crippen LogP contribution in [0.4, 0.5) is 5.69 Å². The highest BCUT2D eigenvalue weighted by atomic mass is 35.5. The lowest BCUT2D eigenvalue weighted by Gasteiger charge is -2.05. The van der Waals surface area contributed by atoms with Gasteiger partial charge in [0.05, 0.1) is 10.7 Å². The fourth-order valence-electron chi connectivity index (χ4n) is 1.71. The molecule has 0 bridgehead atoms. The molecule has 2 aromatic carbocycles. The zero-order valence-corrected chi connectivity index (χ0v) is 12.1. The van der Waals surface area contributed by atoms with Crippen molar-refractivity contribution < 1.29 is 4.79 Å². The molecule has 0 heterocycles. The van der Waals surface area contributed by atoms with Crippen LogP contribution in [0.1, 0.15) is 15.9 Å². The predicted molar refractivity (Wildman–Crippen MR) is 83.6 cm³/mol. The van der Waals surface area contributed by atoms with Crippen molar-refractivity contribution >= 4 is 28.8 Å². The van der Waals surface area contributed by atoms with Crippen LogP contribution in [0.15, 0.2) is 53.6 Å². The van der Waals surface area contributed by atoms with Crippen molar-refractivity contribution in [3.63, 3.8) is 0 Å². The van der Waals surface area contributed by atoms with Crippen LogP contribution in [-0.4, -0.2) is 11.5 Å². The third-order valence-corrected chi connectivity index (χ3v) is 3.20. The molecule has 0 unspecified atom stereocenters. The first-order valence-corrected chi connectivity index (χ1v) is 6.60. The number of nitrogens with one attached hydrogen (secondary N) is 1. The topological polar surface area (TPSA) is 65.2 Å². The monoisotopic (exact) mass is 297 g/mol. The first kappa shape index (κ1) is 14.8. The largest absolute Gasteiger partial charge is 0.286 e. The Bertz CT molecular complexity index is 747. The summed E-state index contributed by atoms with van der Waals surface area (Å²) in [5.41, 5.74) is 4.44. The van der Waals surface area contributed by atoms with Crippen LogP contribution in [0, 0.1) is 18.3 Å². The molecule has 0 aliphatic rings. The molecule has 5 heteroatoms. The molecular weight excluding hydrogens is 286 g/mol. The standard InChI is InChI=1S/C16H12ClN3O/c1-11-6-2-5-9-14(11)19-20-15(10-18)16(21)12-7-3-4-8-13(12)17/h2-9,19H,1H3/b20-15-. The second-order valence-corrected chi connectivity index (χ2v) is 4.72. The average molecular weight is 298 g/mol. The number of nitriles is 1. The highest BCUT2D eigenvalue weighted by Crippen LogP contribution is 2.17. The van der Waals surface area contributed by atoms with Gasteiger partial charge in [0.1, 0.15) is 6.07 Å². The maximum atomic E-state index is 12.2. The van der Waals surface area contributed by atoms with Gasteiger partial charge in [-0.25, -0.2) is 0 Å². The van der Waals surface area contributed by atoms with E-state index in [9.17, 15) is 4.79 Å². The number of carbonyl (C=O) groups excluding carboxylic acids is 1. The van der Waals surface area contributed by atoms with Gasteiger partial charge in [-0.3, -0.25) is 10.2 Å². The number of hydrogen-bond acceptors (Lipinski definition) is 4. The first-order chi connectivity index (χ1) is 10.1. The highest BCUT2D eigenvalue weighted by molar-refractivity contribution is 6.53. The molecule has 0 saturated heterocycles. The number of hydrogen-bond donors (Lipinski definition) is 1. The number of halogens is 1. The maximum absolute atomic E-state index is 12.2. The molecule has 0 aliphatic heterocycles. The van der Waals surface area contributed by atoms with Crippen molar-refractivity contribution in [2.45, 2.75) is 6.92 Å². The minimum Gasteiger partial charge on any atom is -0.286 e. The summed E-state index contributed by atoms with van der Waals surface area (Å²) < 4.78 is 0. The van der Waals surface area contributed by atoms with Crippen LogP contribution >= 0.6 is 11.6 Å². The minimum atomic E-state index is -0.510. The van der Waals surface area contributed by atoms with Crippen LogP contribution in [-0.2, 0) is 0 Å². The van der Waals surface area contributed by atoms with E-state index in [4.69, 9.17) is 16.9 Å². The molecule has 0 atom stereocenters. The molecule has 0 aromatic heterocycles. The fraction of sp³-hybridized carbons (Fsp3) is 0.0625. The summed E-state index contributed by atoms with van der Waals surface area (Å²) in [6, 6.07) is 15.8. The van der Waals surface area contributed by atoms with Crippen LogP contribution in [0.5, 0.6) is 0 Å². The second kappa shape index (κ2) is 6.69. The summed E-state index contributed by atoms with van der Waals surface area (Å²) >= 11 is 5.96. The SMILES string of the molecule is Cc1ccccc1N/N=C(/C#N)C(=O)c1ccccc1Cl. The molecule has 4 nitrogen and oxygen atoms in total. The predicted octanol–water partition coefficient (Wildman–Crippen LogP) is 3.82. The minimum absolute atomic E-state index is 0.244. The number of rotatable bonds is 4. The van der Waals surface area contributed by atoms with Crippen molar-refractivity contribution in [2.24, 2.45) is 5.10 Å². The lowest BCUT2D eigenvalue weighted by Crippen LogP contribution is -2.14.